The average molecular weight is 350 g/mol. The molecule has 1 atom stereocenters. The Balaban J connectivity index is 2.02. The Morgan fingerprint density at radius 2 is 2.20 bits per heavy atom. The molecule has 3 aromatic rings. The van der Waals surface area contributed by atoms with Crippen LogP contribution < -0.4 is 5.32 Å². The SMILES string of the molecule is CCCNC(c1cc2cccc(Br)c2o1)c1cccs1. The van der Waals surface area contributed by atoms with Gasteiger partial charge in [0.05, 0.1) is 4.47 Å². The molecule has 0 saturated carbocycles. The van der Waals surface area contributed by atoms with Crippen LogP contribution in [0.5, 0.6) is 0 Å². The van der Waals surface area contributed by atoms with E-state index in [-0.39, 0.29) is 6.04 Å². The molecule has 1 aromatic carbocycles. The maximum atomic E-state index is 6.08. The first kappa shape index (κ1) is 13.9. The molecule has 4 heteroatoms. The van der Waals surface area contributed by atoms with Crippen LogP contribution in [0, 0.1) is 0 Å². The van der Waals surface area contributed by atoms with Gasteiger partial charge < -0.3 is 9.73 Å². The molecular weight excluding hydrogens is 334 g/mol. The molecule has 0 radical (unpaired) electrons. The molecule has 2 heterocycles. The summed E-state index contributed by atoms with van der Waals surface area (Å²) >= 11 is 5.31. The maximum absolute atomic E-state index is 6.08. The normalized spacial score (nSPS) is 12.9. The summed E-state index contributed by atoms with van der Waals surface area (Å²) in [6.45, 7) is 3.15. The average Bonchev–Trinajstić information content (AvgIpc) is 3.09. The van der Waals surface area contributed by atoms with Crippen molar-refractivity contribution in [3.8, 4) is 0 Å². The molecule has 20 heavy (non-hydrogen) atoms. The summed E-state index contributed by atoms with van der Waals surface area (Å²) in [7, 11) is 0. The molecule has 2 aromatic heterocycles. The molecule has 0 aliphatic rings. The van der Waals surface area contributed by atoms with Gasteiger partial charge in [-0.1, -0.05) is 25.1 Å². The lowest BCUT2D eigenvalue weighted by Crippen LogP contribution is -2.21. The minimum Gasteiger partial charge on any atom is -0.458 e. The second-order valence-electron chi connectivity index (χ2n) is 4.71. The number of fused-ring (bicyclic) bond motifs is 1. The number of hydrogen-bond acceptors (Lipinski definition) is 3. The van der Waals surface area contributed by atoms with E-state index in [1.54, 1.807) is 11.3 Å². The molecule has 0 aliphatic heterocycles. The molecule has 104 valence electrons. The van der Waals surface area contributed by atoms with Crippen molar-refractivity contribution in [3.63, 3.8) is 0 Å². The fourth-order valence-corrected chi connectivity index (χ4v) is 3.54. The van der Waals surface area contributed by atoms with Crippen LogP contribution in [0.1, 0.15) is 30.0 Å². The maximum Gasteiger partial charge on any atom is 0.148 e. The van der Waals surface area contributed by atoms with E-state index in [1.807, 2.05) is 12.1 Å². The predicted molar refractivity (Wildman–Crippen MR) is 88.4 cm³/mol. The van der Waals surface area contributed by atoms with Crippen molar-refractivity contribution in [2.75, 3.05) is 6.54 Å². The van der Waals surface area contributed by atoms with E-state index in [4.69, 9.17) is 4.42 Å². The highest BCUT2D eigenvalue weighted by atomic mass is 79.9. The Bertz CT molecular complexity index is 690. The molecule has 2 nitrogen and oxygen atoms in total. The van der Waals surface area contributed by atoms with Crippen molar-refractivity contribution in [1.82, 2.24) is 5.32 Å². The first-order chi connectivity index (χ1) is 9.79. The van der Waals surface area contributed by atoms with Crippen LogP contribution in [0.15, 0.2) is 50.7 Å². The Kier molecular flexibility index (Phi) is 4.24. The number of thiophene rings is 1. The minimum atomic E-state index is 0.134. The molecule has 3 rings (SSSR count). The van der Waals surface area contributed by atoms with Gasteiger partial charge >= 0.3 is 0 Å². The van der Waals surface area contributed by atoms with Crippen LogP contribution in [0.2, 0.25) is 0 Å². The van der Waals surface area contributed by atoms with E-state index >= 15 is 0 Å². The number of halogens is 1. The quantitative estimate of drug-likeness (QED) is 0.671. The standard InChI is InChI=1S/C16H16BrNOS/c1-2-8-18-15(14-7-4-9-20-14)13-10-11-5-3-6-12(17)16(11)19-13/h3-7,9-10,15,18H,2,8H2,1H3. The van der Waals surface area contributed by atoms with E-state index in [0.29, 0.717) is 0 Å². The lowest BCUT2D eigenvalue weighted by molar-refractivity contribution is 0.473. The number of furan rings is 1. The summed E-state index contributed by atoms with van der Waals surface area (Å²) in [6.07, 6.45) is 1.10. The van der Waals surface area contributed by atoms with E-state index in [1.165, 1.54) is 4.88 Å². The van der Waals surface area contributed by atoms with Gasteiger partial charge in [-0.05, 0) is 52.5 Å². The van der Waals surface area contributed by atoms with Crippen molar-refractivity contribution in [2.24, 2.45) is 0 Å². The zero-order valence-electron chi connectivity index (χ0n) is 11.2. The largest absolute Gasteiger partial charge is 0.458 e. The Labute approximate surface area is 130 Å². The number of rotatable bonds is 5. The molecule has 0 fully saturated rings. The zero-order valence-corrected chi connectivity index (χ0v) is 13.6. The summed E-state index contributed by atoms with van der Waals surface area (Å²) in [6, 6.07) is 12.6. The van der Waals surface area contributed by atoms with E-state index < -0.39 is 0 Å². The van der Waals surface area contributed by atoms with Crippen LogP contribution in [-0.2, 0) is 0 Å². The van der Waals surface area contributed by atoms with Gasteiger partial charge in [0.15, 0.2) is 0 Å². The molecule has 0 saturated heterocycles. The molecular formula is C16H16BrNOS. The van der Waals surface area contributed by atoms with Crippen LogP contribution in [0.25, 0.3) is 11.0 Å². The van der Waals surface area contributed by atoms with Crippen LogP contribution in [0.4, 0.5) is 0 Å². The van der Waals surface area contributed by atoms with Gasteiger partial charge in [-0.15, -0.1) is 11.3 Å². The third-order valence-electron chi connectivity index (χ3n) is 3.23. The number of hydrogen-bond donors (Lipinski definition) is 1. The second kappa shape index (κ2) is 6.12. The van der Waals surface area contributed by atoms with Gasteiger partial charge in [-0.2, -0.15) is 0 Å². The summed E-state index contributed by atoms with van der Waals surface area (Å²) in [5.41, 5.74) is 0.919. The highest BCUT2D eigenvalue weighted by molar-refractivity contribution is 9.10. The lowest BCUT2D eigenvalue weighted by Gasteiger charge is -2.14. The molecule has 0 aliphatic carbocycles. The van der Waals surface area contributed by atoms with Gasteiger partial charge in [0.1, 0.15) is 17.4 Å². The summed E-state index contributed by atoms with van der Waals surface area (Å²) in [4.78, 5) is 1.29. The molecule has 1 unspecified atom stereocenters. The van der Waals surface area contributed by atoms with Gasteiger partial charge in [-0.3, -0.25) is 0 Å². The fourth-order valence-electron chi connectivity index (χ4n) is 2.28. The van der Waals surface area contributed by atoms with Crippen LogP contribution in [-0.4, -0.2) is 6.54 Å². The van der Waals surface area contributed by atoms with Crippen LogP contribution in [0.3, 0.4) is 0 Å². The third-order valence-corrected chi connectivity index (χ3v) is 4.79. The zero-order chi connectivity index (χ0) is 13.9. The molecule has 0 spiro atoms. The minimum absolute atomic E-state index is 0.134. The summed E-state index contributed by atoms with van der Waals surface area (Å²) in [5, 5.41) is 6.81. The predicted octanol–water partition coefficient (Wildman–Crippen LogP) is 5.35. The third kappa shape index (κ3) is 2.68. The van der Waals surface area contributed by atoms with Crippen molar-refractivity contribution in [1.29, 1.82) is 0 Å². The smallest absolute Gasteiger partial charge is 0.148 e. The van der Waals surface area contributed by atoms with Crippen LogP contribution >= 0.6 is 27.3 Å². The molecule has 0 bridgehead atoms. The van der Waals surface area contributed by atoms with E-state index in [0.717, 1.165) is 34.2 Å². The van der Waals surface area contributed by atoms with Crippen molar-refractivity contribution < 1.29 is 4.42 Å². The topological polar surface area (TPSA) is 25.2 Å². The monoisotopic (exact) mass is 349 g/mol. The second-order valence-corrected chi connectivity index (χ2v) is 6.54. The Hall–Kier alpha value is -1.10. The first-order valence-electron chi connectivity index (χ1n) is 6.74. The fraction of sp³-hybridized carbons (Fsp3) is 0.250. The Morgan fingerprint density at radius 1 is 1.30 bits per heavy atom. The van der Waals surface area contributed by atoms with Gasteiger partial charge in [0, 0.05) is 10.3 Å². The number of nitrogens with one attached hydrogen (secondary N) is 1. The van der Waals surface area contributed by atoms with Crippen molar-refractivity contribution in [2.45, 2.75) is 19.4 Å². The molecule has 1 N–H and O–H groups in total. The highest BCUT2D eigenvalue weighted by Gasteiger charge is 2.19. The first-order valence-corrected chi connectivity index (χ1v) is 8.41. The number of para-hydroxylation sites is 1. The highest BCUT2D eigenvalue weighted by Crippen LogP contribution is 2.33. The summed E-state index contributed by atoms with van der Waals surface area (Å²) < 4.78 is 7.08. The number of benzene rings is 1. The van der Waals surface area contributed by atoms with E-state index in [2.05, 4.69) is 57.8 Å². The van der Waals surface area contributed by atoms with E-state index in [9.17, 15) is 0 Å². The lowest BCUT2D eigenvalue weighted by atomic mass is 10.1. The summed E-state index contributed by atoms with van der Waals surface area (Å²) in [5.74, 6) is 0.975. The van der Waals surface area contributed by atoms with Gasteiger partial charge in [0.25, 0.3) is 0 Å². The van der Waals surface area contributed by atoms with Gasteiger partial charge in [-0.25, -0.2) is 0 Å². The van der Waals surface area contributed by atoms with Crippen molar-refractivity contribution in [3.05, 3.63) is 56.9 Å². The Morgan fingerprint density at radius 3 is 2.90 bits per heavy atom. The van der Waals surface area contributed by atoms with Gasteiger partial charge in [0.2, 0.25) is 0 Å². The molecule has 0 amide bonds. The van der Waals surface area contributed by atoms with Crippen molar-refractivity contribution >= 4 is 38.2 Å².